The normalized spacial score (nSPS) is 10.2. The van der Waals surface area contributed by atoms with Crippen LogP contribution in [0, 0.1) is 5.82 Å². The molecular weight excluding hydrogens is 361 g/mol. The van der Waals surface area contributed by atoms with Crippen molar-refractivity contribution in [2.45, 2.75) is 0 Å². The molecule has 3 aromatic carbocycles. The second kappa shape index (κ2) is 9.97. The molecule has 1 N–H and O–H groups in total. The fourth-order valence-electron chi connectivity index (χ4n) is 2.39. The third-order valence-corrected chi connectivity index (χ3v) is 3.70. The number of rotatable bonds is 9. The highest BCUT2D eigenvalue weighted by molar-refractivity contribution is 5.93. The molecule has 144 valence electrons. The van der Waals surface area contributed by atoms with Gasteiger partial charge >= 0.3 is 0 Å². The van der Waals surface area contributed by atoms with Crippen molar-refractivity contribution in [1.29, 1.82) is 0 Å². The molecule has 3 aromatic rings. The van der Waals surface area contributed by atoms with E-state index in [9.17, 15) is 9.18 Å². The average Bonchev–Trinajstić information content (AvgIpc) is 2.73. The molecule has 0 saturated carbocycles. The number of carbonyl (C=O) groups is 1. The van der Waals surface area contributed by atoms with E-state index in [1.54, 1.807) is 42.5 Å². The number of hydrogen-bond donors (Lipinski definition) is 1. The molecule has 0 aliphatic heterocycles. The van der Waals surface area contributed by atoms with Gasteiger partial charge in [0.05, 0.1) is 5.69 Å². The number of hydrogen-bond acceptors (Lipinski definition) is 4. The van der Waals surface area contributed by atoms with Crippen LogP contribution in [0.1, 0.15) is 0 Å². The minimum Gasteiger partial charge on any atom is -0.490 e. The van der Waals surface area contributed by atoms with Gasteiger partial charge in [-0.3, -0.25) is 4.79 Å². The minimum absolute atomic E-state index is 0.105. The summed E-state index contributed by atoms with van der Waals surface area (Å²) in [5, 5.41) is 2.77. The first kappa shape index (κ1) is 19.2. The van der Waals surface area contributed by atoms with Crippen LogP contribution >= 0.6 is 0 Å². The molecule has 6 heteroatoms. The highest BCUT2D eigenvalue weighted by atomic mass is 19.1. The molecule has 5 nitrogen and oxygen atoms in total. The van der Waals surface area contributed by atoms with Crippen LogP contribution in [0.15, 0.2) is 78.9 Å². The van der Waals surface area contributed by atoms with E-state index in [1.807, 2.05) is 24.3 Å². The Kier molecular flexibility index (Phi) is 6.84. The second-order valence-corrected chi connectivity index (χ2v) is 5.80. The Morgan fingerprint density at radius 1 is 0.750 bits per heavy atom. The summed E-state index contributed by atoms with van der Waals surface area (Å²) in [5.41, 5.74) is 0.547. The smallest absolute Gasteiger partial charge is 0.262 e. The molecule has 28 heavy (non-hydrogen) atoms. The van der Waals surface area contributed by atoms with Gasteiger partial charge in [-0.15, -0.1) is 0 Å². The van der Waals surface area contributed by atoms with Crippen molar-refractivity contribution in [3.05, 3.63) is 84.7 Å². The molecule has 1 amide bonds. The average molecular weight is 381 g/mol. The number of halogens is 1. The summed E-state index contributed by atoms with van der Waals surface area (Å²) < 4.78 is 29.5. The number of amides is 1. The Labute approximate surface area is 162 Å². The van der Waals surface area contributed by atoms with Crippen molar-refractivity contribution >= 4 is 11.6 Å². The summed E-state index contributed by atoms with van der Waals surface area (Å²) in [6.07, 6.45) is 0. The largest absolute Gasteiger partial charge is 0.490 e. The van der Waals surface area contributed by atoms with Gasteiger partial charge in [0.15, 0.2) is 6.61 Å². The lowest BCUT2D eigenvalue weighted by Crippen LogP contribution is -2.21. The zero-order valence-electron chi connectivity index (χ0n) is 15.1. The lowest BCUT2D eigenvalue weighted by atomic mass is 10.3. The van der Waals surface area contributed by atoms with E-state index in [2.05, 4.69) is 5.32 Å². The molecular formula is C22H20FNO4. The van der Waals surface area contributed by atoms with Crippen LogP contribution in [0.3, 0.4) is 0 Å². The van der Waals surface area contributed by atoms with E-state index in [0.717, 1.165) is 0 Å². The third-order valence-electron chi connectivity index (χ3n) is 3.70. The van der Waals surface area contributed by atoms with Gasteiger partial charge in [0.1, 0.15) is 36.3 Å². The van der Waals surface area contributed by atoms with Crippen molar-refractivity contribution in [3.63, 3.8) is 0 Å². The van der Waals surface area contributed by atoms with Gasteiger partial charge in [0.2, 0.25) is 0 Å². The summed E-state index contributed by atoms with van der Waals surface area (Å²) in [7, 11) is 0. The van der Waals surface area contributed by atoms with Gasteiger partial charge in [0.25, 0.3) is 5.91 Å². The minimum atomic E-state index is -0.315. The van der Waals surface area contributed by atoms with Crippen molar-refractivity contribution in [2.24, 2.45) is 0 Å². The Balaban J connectivity index is 1.46. The van der Waals surface area contributed by atoms with Gasteiger partial charge in [0, 0.05) is 0 Å². The highest BCUT2D eigenvalue weighted by Crippen LogP contribution is 2.23. The summed E-state index contributed by atoms with van der Waals surface area (Å²) >= 11 is 0. The number of carbonyl (C=O) groups excluding carboxylic acids is 1. The lowest BCUT2D eigenvalue weighted by Gasteiger charge is -2.13. The van der Waals surface area contributed by atoms with E-state index in [-0.39, 0.29) is 31.5 Å². The molecule has 0 aliphatic carbocycles. The number of benzene rings is 3. The van der Waals surface area contributed by atoms with Gasteiger partial charge in [-0.2, -0.15) is 0 Å². The van der Waals surface area contributed by atoms with Crippen molar-refractivity contribution in [1.82, 2.24) is 0 Å². The zero-order chi connectivity index (χ0) is 19.6. The molecule has 0 fully saturated rings. The van der Waals surface area contributed by atoms with Crippen molar-refractivity contribution in [2.75, 3.05) is 25.1 Å². The van der Waals surface area contributed by atoms with E-state index >= 15 is 0 Å². The molecule has 0 heterocycles. The zero-order valence-corrected chi connectivity index (χ0v) is 15.1. The predicted octanol–water partition coefficient (Wildman–Crippen LogP) is 4.30. The van der Waals surface area contributed by atoms with Crippen LogP contribution in [-0.2, 0) is 4.79 Å². The topological polar surface area (TPSA) is 56.8 Å². The third kappa shape index (κ3) is 6.02. The maximum atomic E-state index is 12.9. The quantitative estimate of drug-likeness (QED) is 0.562. The fraction of sp³-hybridized carbons (Fsp3) is 0.136. The Bertz CT molecular complexity index is 885. The number of nitrogens with one attached hydrogen (secondary N) is 1. The van der Waals surface area contributed by atoms with Crippen LogP contribution < -0.4 is 19.5 Å². The van der Waals surface area contributed by atoms with Crippen molar-refractivity contribution < 1.29 is 23.4 Å². The Morgan fingerprint density at radius 3 is 2.18 bits per heavy atom. The summed E-state index contributed by atoms with van der Waals surface area (Å²) in [4.78, 5) is 12.1. The van der Waals surface area contributed by atoms with Crippen LogP contribution in [0.2, 0.25) is 0 Å². The Morgan fingerprint density at radius 2 is 1.39 bits per heavy atom. The molecule has 0 radical (unpaired) electrons. The van der Waals surface area contributed by atoms with Crippen LogP contribution in [0.5, 0.6) is 17.2 Å². The van der Waals surface area contributed by atoms with Gasteiger partial charge in [-0.25, -0.2) is 4.39 Å². The van der Waals surface area contributed by atoms with Crippen LogP contribution in [0.4, 0.5) is 10.1 Å². The molecule has 0 aliphatic rings. The second-order valence-electron chi connectivity index (χ2n) is 5.80. The van der Waals surface area contributed by atoms with E-state index in [1.165, 1.54) is 12.1 Å². The summed E-state index contributed by atoms with van der Waals surface area (Å²) in [6.45, 7) is 0.446. The standard InChI is InChI=1S/C22H20FNO4/c23-17-10-12-19(13-11-17)26-14-15-27-21-9-5-4-8-20(21)24-22(25)16-28-18-6-2-1-3-7-18/h1-13H,14-16H2,(H,24,25). The number of ether oxygens (including phenoxy) is 3. The lowest BCUT2D eigenvalue weighted by molar-refractivity contribution is -0.118. The first-order valence-corrected chi connectivity index (χ1v) is 8.78. The van der Waals surface area contributed by atoms with Crippen LogP contribution in [-0.4, -0.2) is 25.7 Å². The van der Waals surface area contributed by atoms with Gasteiger partial charge in [-0.1, -0.05) is 30.3 Å². The Hall–Kier alpha value is -3.54. The maximum absolute atomic E-state index is 12.9. The fourth-order valence-corrected chi connectivity index (χ4v) is 2.39. The molecule has 0 spiro atoms. The molecule has 3 rings (SSSR count). The van der Waals surface area contributed by atoms with E-state index < -0.39 is 0 Å². The maximum Gasteiger partial charge on any atom is 0.262 e. The molecule has 0 unspecified atom stereocenters. The highest BCUT2D eigenvalue weighted by Gasteiger charge is 2.08. The van der Waals surface area contributed by atoms with Gasteiger partial charge < -0.3 is 19.5 Å². The first-order valence-electron chi connectivity index (χ1n) is 8.78. The summed E-state index contributed by atoms with van der Waals surface area (Å²) in [6, 6.07) is 22.0. The molecule has 0 aromatic heterocycles. The number of anilines is 1. The first-order chi connectivity index (χ1) is 13.7. The SMILES string of the molecule is O=C(COc1ccccc1)Nc1ccccc1OCCOc1ccc(F)cc1. The van der Waals surface area contributed by atoms with E-state index in [0.29, 0.717) is 22.9 Å². The van der Waals surface area contributed by atoms with Crippen molar-refractivity contribution in [3.8, 4) is 17.2 Å². The summed E-state index contributed by atoms with van der Waals surface area (Å²) in [5.74, 6) is 1.11. The molecule has 0 bridgehead atoms. The molecule has 0 atom stereocenters. The van der Waals surface area contributed by atoms with E-state index in [4.69, 9.17) is 14.2 Å². The predicted molar refractivity (Wildman–Crippen MR) is 104 cm³/mol. The number of para-hydroxylation sites is 3. The van der Waals surface area contributed by atoms with Gasteiger partial charge in [-0.05, 0) is 48.5 Å². The molecule has 0 saturated heterocycles. The van der Waals surface area contributed by atoms with Crippen LogP contribution in [0.25, 0.3) is 0 Å². The monoisotopic (exact) mass is 381 g/mol.